The van der Waals surface area contributed by atoms with Crippen molar-refractivity contribution in [2.24, 2.45) is 11.8 Å². The van der Waals surface area contributed by atoms with Crippen molar-refractivity contribution in [3.63, 3.8) is 0 Å². The summed E-state index contributed by atoms with van der Waals surface area (Å²) < 4.78 is 79.6. The second-order valence-electron chi connectivity index (χ2n) is 13.7. The zero-order valence-corrected chi connectivity index (χ0v) is 27.3. The summed E-state index contributed by atoms with van der Waals surface area (Å²) in [6, 6.07) is 16.8. The molecule has 0 aromatic heterocycles. The molecule has 3 aromatic carbocycles. The Morgan fingerprint density at radius 1 is 0.717 bits per heavy atom. The maximum absolute atomic E-state index is 13.3. The predicted molar refractivity (Wildman–Crippen MR) is 172 cm³/mol. The summed E-state index contributed by atoms with van der Waals surface area (Å²) >= 11 is 0. The van der Waals surface area contributed by atoms with E-state index in [1.807, 2.05) is 12.1 Å². The molecule has 1 heterocycles. The molecule has 2 unspecified atom stereocenters. The van der Waals surface area contributed by atoms with Gasteiger partial charge in [-0.25, -0.2) is 0 Å². The molecule has 2 nitrogen and oxygen atoms in total. The number of carbonyl (C=O) groups is 1. The van der Waals surface area contributed by atoms with Gasteiger partial charge >= 0.3 is 12.4 Å². The van der Waals surface area contributed by atoms with E-state index in [1.165, 1.54) is 24.3 Å². The highest BCUT2D eigenvalue weighted by Gasteiger charge is 2.33. The van der Waals surface area contributed by atoms with E-state index in [2.05, 4.69) is 38.7 Å². The molecule has 2 atom stereocenters. The van der Waals surface area contributed by atoms with E-state index in [0.29, 0.717) is 17.9 Å². The topological polar surface area (TPSA) is 20.3 Å². The molecule has 0 N–H and O–H groups in total. The van der Waals surface area contributed by atoms with Crippen molar-refractivity contribution in [1.82, 2.24) is 4.90 Å². The number of hydrogen-bond acceptors (Lipinski definition) is 2. The summed E-state index contributed by atoms with van der Waals surface area (Å²) in [6.45, 7) is 11.5. The number of Topliss-reactive ketones (excluding diaryl/α,β-unsaturated/α-hetero) is 1. The Bertz CT molecular complexity index is 1430. The maximum Gasteiger partial charge on any atom is 0.416 e. The van der Waals surface area contributed by atoms with Crippen molar-refractivity contribution in [3.05, 3.63) is 94.5 Å². The van der Waals surface area contributed by atoms with Crippen LogP contribution in [0.15, 0.2) is 66.7 Å². The van der Waals surface area contributed by atoms with Crippen molar-refractivity contribution in [3.8, 4) is 11.1 Å². The maximum atomic E-state index is 13.3. The Morgan fingerprint density at radius 3 is 1.74 bits per heavy atom. The zero-order chi connectivity index (χ0) is 33.8. The minimum Gasteiger partial charge on any atom is -0.299 e. The quantitative estimate of drug-likeness (QED) is 0.193. The SMILES string of the molecule is CC(=O)C(CC(C)C)c1cc(-c2ccc(C(F)(F)F)cc2)cc(C2CCN(C(CCC(C)C)c3ccc(C(F)(F)F)cc3)CC2)c1. The zero-order valence-electron chi connectivity index (χ0n) is 27.3. The van der Waals surface area contributed by atoms with Gasteiger partial charge in [-0.05, 0) is 122 Å². The van der Waals surface area contributed by atoms with Gasteiger partial charge in [0, 0.05) is 12.0 Å². The van der Waals surface area contributed by atoms with Gasteiger partial charge in [0.25, 0.3) is 0 Å². The van der Waals surface area contributed by atoms with Crippen LogP contribution in [0.1, 0.15) is 112 Å². The number of nitrogens with zero attached hydrogens (tertiary/aromatic N) is 1. The summed E-state index contributed by atoms with van der Waals surface area (Å²) in [7, 11) is 0. The molecule has 1 saturated heterocycles. The third kappa shape index (κ3) is 9.24. The summed E-state index contributed by atoms with van der Waals surface area (Å²) in [5.41, 5.74) is 2.93. The van der Waals surface area contributed by atoms with Gasteiger partial charge in [-0.1, -0.05) is 70.2 Å². The van der Waals surface area contributed by atoms with E-state index in [1.54, 1.807) is 19.1 Å². The van der Waals surface area contributed by atoms with Crippen LogP contribution in [0.25, 0.3) is 11.1 Å². The number of piperidine rings is 1. The van der Waals surface area contributed by atoms with Crippen LogP contribution in [0.3, 0.4) is 0 Å². The molecule has 250 valence electrons. The van der Waals surface area contributed by atoms with Gasteiger partial charge in [0.15, 0.2) is 0 Å². The van der Waals surface area contributed by atoms with Gasteiger partial charge < -0.3 is 0 Å². The number of rotatable bonds is 11. The smallest absolute Gasteiger partial charge is 0.299 e. The fourth-order valence-corrected chi connectivity index (χ4v) is 6.63. The highest BCUT2D eigenvalue weighted by molar-refractivity contribution is 5.84. The van der Waals surface area contributed by atoms with E-state index in [9.17, 15) is 31.1 Å². The first-order valence-corrected chi connectivity index (χ1v) is 16.3. The standard InChI is InChI=1S/C38H45F6NO/c1-24(2)6-15-36(29-9-13-34(14-10-29)38(42,43)44)45-18-16-28(17-19-45)31-21-30(27-7-11-33(12-8-27)37(39,40)41)22-32(23-31)35(26(5)46)20-25(3)4/h7-14,21-25,28,35-36H,6,15-20H2,1-5H3. The molecule has 0 aliphatic carbocycles. The first-order chi connectivity index (χ1) is 21.5. The molecule has 3 aromatic rings. The Morgan fingerprint density at radius 2 is 1.26 bits per heavy atom. The van der Waals surface area contributed by atoms with Gasteiger partial charge in [-0.3, -0.25) is 9.69 Å². The average Bonchev–Trinajstić information content (AvgIpc) is 2.99. The molecule has 4 rings (SSSR count). The molecule has 8 heteroatoms. The summed E-state index contributed by atoms with van der Waals surface area (Å²) in [5.74, 6) is 0.662. The second-order valence-corrected chi connectivity index (χ2v) is 13.7. The van der Waals surface area contributed by atoms with Gasteiger partial charge in [0.2, 0.25) is 0 Å². The number of alkyl halides is 6. The largest absolute Gasteiger partial charge is 0.416 e. The molecule has 1 fully saturated rings. The Hall–Kier alpha value is -3.13. The highest BCUT2D eigenvalue weighted by atomic mass is 19.4. The average molecular weight is 646 g/mol. The minimum atomic E-state index is -4.43. The predicted octanol–water partition coefficient (Wildman–Crippen LogP) is 11.5. The van der Waals surface area contributed by atoms with Crippen LogP contribution >= 0.6 is 0 Å². The first-order valence-electron chi connectivity index (χ1n) is 16.3. The van der Waals surface area contributed by atoms with Crippen LogP contribution in [0.4, 0.5) is 26.3 Å². The van der Waals surface area contributed by atoms with E-state index in [-0.39, 0.29) is 29.6 Å². The number of hydrogen-bond donors (Lipinski definition) is 0. The first kappa shape index (κ1) is 35.7. The minimum absolute atomic E-state index is 0.00723. The van der Waals surface area contributed by atoms with E-state index in [4.69, 9.17) is 0 Å². The molecular weight excluding hydrogens is 600 g/mol. The lowest BCUT2D eigenvalue weighted by atomic mass is 9.81. The lowest BCUT2D eigenvalue weighted by molar-refractivity contribution is -0.138. The lowest BCUT2D eigenvalue weighted by Crippen LogP contribution is -2.36. The van der Waals surface area contributed by atoms with Crippen LogP contribution in [-0.4, -0.2) is 23.8 Å². The van der Waals surface area contributed by atoms with Crippen molar-refractivity contribution < 1.29 is 31.1 Å². The molecule has 1 aliphatic rings. The fourth-order valence-electron chi connectivity index (χ4n) is 6.63. The Balaban J connectivity index is 1.63. The number of halogens is 6. The van der Waals surface area contributed by atoms with Crippen molar-refractivity contribution in [2.45, 2.75) is 97.0 Å². The molecule has 0 amide bonds. The van der Waals surface area contributed by atoms with Gasteiger partial charge in [-0.15, -0.1) is 0 Å². The Kier molecular flexibility index (Phi) is 11.4. The van der Waals surface area contributed by atoms with Gasteiger partial charge in [0.05, 0.1) is 11.1 Å². The van der Waals surface area contributed by atoms with Gasteiger partial charge in [-0.2, -0.15) is 26.3 Å². The third-order valence-corrected chi connectivity index (χ3v) is 9.21. The normalized spacial score (nSPS) is 16.6. The summed E-state index contributed by atoms with van der Waals surface area (Å²) in [4.78, 5) is 15.2. The summed E-state index contributed by atoms with van der Waals surface area (Å²) in [6.07, 6.45) is -4.69. The molecule has 0 saturated carbocycles. The fraction of sp³-hybridized carbons (Fsp3) is 0.500. The van der Waals surface area contributed by atoms with Crippen LogP contribution < -0.4 is 0 Å². The van der Waals surface area contributed by atoms with Crippen LogP contribution in [-0.2, 0) is 17.1 Å². The number of likely N-dealkylation sites (tertiary alicyclic amines) is 1. The number of carbonyl (C=O) groups excluding carboxylic acids is 1. The Labute approximate surface area is 269 Å². The number of benzene rings is 3. The van der Waals surface area contributed by atoms with Crippen LogP contribution in [0, 0.1) is 11.8 Å². The van der Waals surface area contributed by atoms with Gasteiger partial charge in [0.1, 0.15) is 5.78 Å². The van der Waals surface area contributed by atoms with Crippen molar-refractivity contribution in [2.75, 3.05) is 13.1 Å². The lowest BCUT2D eigenvalue weighted by Gasteiger charge is -2.39. The summed E-state index contributed by atoms with van der Waals surface area (Å²) in [5, 5.41) is 0. The molecule has 0 bridgehead atoms. The molecule has 46 heavy (non-hydrogen) atoms. The van der Waals surface area contributed by atoms with Crippen LogP contribution in [0.2, 0.25) is 0 Å². The number of ketones is 1. The second kappa shape index (κ2) is 14.7. The monoisotopic (exact) mass is 645 g/mol. The molecule has 0 spiro atoms. The molecule has 1 aliphatic heterocycles. The molecule has 0 radical (unpaired) electrons. The van der Waals surface area contributed by atoms with Crippen molar-refractivity contribution in [1.29, 1.82) is 0 Å². The van der Waals surface area contributed by atoms with Crippen molar-refractivity contribution >= 4 is 5.78 Å². The van der Waals surface area contributed by atoms with E-state index in [0.717, 1.165) is 73.2 Å². The van der Waals surface area contributed by atoms with E-state index < -0.39 is 23.5 Å². The molecular formula is C38H45F6NO. The van der Waals surface area contributed by atoms with E-state index >= 15 is 0 Å². The highest BCUT2D eigenvalue weighted by Crippen LogP contribution is 2.40. The van der Waals surface area contributed by atoms with Crippen LogP contribution in [0.5, 0.6) is 0 Å². The third-order valence-electron chi connectivity index (χ3n) is 9.21.